The lowest BCUT2D eigenvalue weighted by molar-refractivity contribution is -0.141. The van der Waals surface area contributed by atoms with Gasteiger partial charge in [-0.15, -0.1) is 0 Å². The molecule has 0 saturated carbocycles. The van der Waals surface area contributed by atoms with Crippen LogP contribution in [0.4, 0.5) is 4.39 Å². The topological polar surface area (TPSA) is 88.3 Å². The highest BCUT2D eigenvalue weighted by Crippen LogP contribution is 2.22. The minimum atomic E-state index is -1.04. The zero-order chi connectivity index (χ0) is 15.7. The second-order valence-electron chi connectivity index (χ2n) is 5.00. The first-order chi connectivity index (χ1) is 10.6. The molecule has 0 unspecified atom stereocenters. The number of benzene rings is 1. The Morgan fingerprint density at radius 2 is 2.18 bits per heavy atom. The van der Waals surface area contributed by atoms with Crippen LogP contribution < -0.4 is 0 Å². The molecule has 1 aliphatic rings. The fourth-order valence-corrected chi connectivity index (χ4v) is 2.59. The fourth-order valence-electron chi connectivity index (χ4n) is 2.59. The van der Waals surface area contributed by atoms with Crippen molar-refractivity contribution < 1.29 is 19.1 Å². The summed E-state index contributed by atoms with van der Waals surface area (Å²) in [7, 11) is 0. The second-order valence-corrected chi connectivity index (χ2v) is 5.00. The zero-order valence-corrected chi connectivity index (χ0v) is 11.5. The number of carbonyl (C=O) groups excluding carboxylic acids is 1. The summed E-state index contributed by atoms with van der Waals surface area (Å²) >= 11 is 0. The first-order valence-corrected chi connectivity index (χ1v) is 6.76. The third-order valence-corrected chi connectivity index (χ3v) is 3.66. The van der Waals surface area contributed by atoms with Crippen molar-refractivity contribution in [1.29, 1.82) is 0 Å². The SMILES string of the molecule is O=C(O)[C@H]1CCCN1C(=O)c1ccc(-n2cncn2)c(F)c1. The molecule has 1 aromatic heterocycles. The number of likely N-dealkylation sites (tertiary alicyclic amines) is 1. The molecule has 0 bridgehead atoms. The van der Waals surface area contributed by atoms with Gasteiger partial charge in [0.2, 0.25) is 0 Å². The molecule has 1 saturated heterocycles. The number of carboxylic acid groups (broad SMARTS) is 1. The van der Waals surface area contributed by atoms with Crippen LogP contribution in [-0.2, 0) is 4.79 Å². The third-order valence-electron chi connectivity index (χ3n) is 3.66. The number of aromatic nitrogens is 3. The Bertz CT molecular complexity index is 717. The lowest BCUT2D eigenvalue weighted by atomic mass is 10.1. The van der Waals surface area contributed by atoms with Crippen molar-refractivity contribution in [3.8, 4) is 5.69 Å². The molecule has 1 N–H and O–H groups in total. The molecular weight excluding hydrogens is 291 g/mol. The summed E-state index contributed by atoms with van der Waals surface area (Å²) in [4.78, 5) is 28.5. The standard InChI is InChI=1S/C14H13FN4O3/c15-10-6-9(3-4-11(10)19-8-16-7-17-19)13(20)18-5-1-2-12(18)14(21)22/h3-4,6-8,12H,1-2,5H2,(H,21,22)/t12-/m1/s1. The number of halogens is 1. The predicted molar refractivity (Wildman–Crippen MR) is 73.0 cm³/mol. The number of rotatable bonds is 3. The van der Waals surface area contributed by atoms with Crippen molar-refractivity contribution in [2.45, 2.75) is 18.9 Å². The van der Waals surface area contributed by atoms with Crippen molar-refractivity contribution in [3.63, 3.8) is 0 Å². The Labute approximate surface area is 125 Å². The molecule has 3 rings (SSSR count). The molecule has 1 fully saturated rings. The van der Waals surface area contributed by atoms with Gasteiger partial charge in [0.1, 0.15) is 30.2 Å². The summed E-state index contributed by atoms with van der Waals surface area (Å²) < 4.78 is 15.4. The molecule has 1 aromatic carbocycles. The monoisotopic (exact) mass is 304 g/mol. The average Bonchev–Trinajstić information content (AvgIpc) is 3.17. The number of nitrogens with zero attached hydrogens (tertiary/aromatic N) is 4. The quantitative estimate of drug-likeness (QED) is 0.917. The van der Waals surface area contributed by atoms with E-state index in [1.807, 2.05) is 0 Å². The molecule has 8 heteroatoms. The van der Waals surface area contributed by atoms with Gasteiger partial charge in [0, 0.05) is 12.1 Å². The van der Waals surface area contributed by atoms with Crippen LogP contribution in [0.25, 0.3) is 5.69 Å². The zero-order valence-electron chi connectivity index (χ0n) is 11.5. The van der Waals surface area contributed by atoms with Crippen LogP contribution in [0.1, 0.15) is 23.2 Å². The largest absolute Gasteiger partial charge is 0.480 e. The summed E-state index contributed by atoms with van der Waals surface area (Å²) in [5.74, 6) is -2.14. The molecule has 114 valence electrons. The van der Waals surface area contributed by atoms with Crippen LogP contribution in [0.3, 0.4) is 0 Å². The van der Waals surface area contributed by atoms with Crippen LogP contribution in [-0.4, -0.2) is 49.2 Å². The third kappa shape index (κ3) is 2.43. The van der Waals surface area contributed by atoms with Crippen LogP contribution in [0.15, 0.2) is 30.9 Å². The Hall–Kier alpha value is -2.77. The molecule has 2 aromatic rings. The molecule has 1 amide bonds. The summed E-state index contributed by atoms with van der Waals surface area (Å²) in [6.07, 6.45) is 3.67. The number of carbonyl (C=O) groups is 2. The summed E-state index contributed by atoms with van der Waals surface area (Å²) in [6.45, 7) is 0.363. The van der Waals surface area contributed by atoms with Crippen molar-refractivity contribution in [2.24, 2.45) is 0 Å². The highest BCUT2D eigenvalue weighted by Gasteiger charge is 2.34. The van der Waals surface area contributed by atoms with E-state index >= 15 is 0 Å². The van der Waals surface area contributed by atoms with Crippen molar-refractivity contribution in [1.82, 2.24) is 19.7 Å². The smallest absolute Gasteiger partial charge is 0.326 e. The van der Waals surface area contributed by atoms with E-state index in [1.165, 1.54) is 34.4 Å². The van der Waals surface area contributed by atoms with Gasteiger partial charge in [0.15, 0.2) is 0 Å². The number of carboxylic acids is 1. The van der Waals surface area contributed by atoms with E-state index in [1.54, 1.807) is 0 Å². The Morgan fingerprint density at radius 3 is 2.82 bits per heavy atom. The molecule has 1 aliphatic heterocycles. The lowest BCUT2D eigenvalue weighted by Crippen LogP contribution is -2.40. The fraction of sp³-hybridized carbons (Fsp3) is 0.286. The van der Waals surface area contributed by atoms with Crippen LogP contribution in [0.2, 0.25) is 0 Å². The second kappa shape index (κ2) is 5.55. The molecule has 1 atom stereocenters. The van der Waals surface area contributed by atoms with Gasteiger partial charge in [-0.25, -0.2) is 18.9 Å². The normalized spacial score (nSPS) is 17.7. The van der Waals surface area contributed by atoms with E-state index in [9.17, 15) is 14.0 Å². The van der Waals surface area contributed by atoms with Gasteiger partial charge in [-0.05, 0) is 31.0 Å². The van der Waals surface area contributed by atoms with Gasteiger partial charge >= 0.3 is 5.97 Å². The maximum Gasteiger partial charge on any atom is 0.326 e. The molecule has 0 radical (unpaired) electrons. The van der Waals surface area contributed by atoms with E-state index in [0.717, 1.165) is 6.07 Å². The van der Waals surface area contributed by atoms with Crippen LogP contribution in [0.5, 0.6) is 0 Å². The first kappa shape index (κ1) is 14.2. The van der Waals surface area contributed by atoms with E-state index in [2.05, 4.69) is 10.1 Å². The molecule has 22 heavy (non-hydrogen) atoms. The molecule has 2 heterocycles. The Kier molecular flexibility index (Phi) is 3.58. The van der Waals surface area contributed by atoms with Gasteiger partial charge in [-0.2, -0.15) is 5.10 Å². The summed E-state index contributed by atoms with van der Waals surface area (Å²) in [5, 5.41) is 12.9. The van der Waals surface area contributed by atoms with Crippen molar-refractivity contribution in [3.05, 3.63) is 42.2 Å². The first-order valence-electron chi connectivity index (χ1n) is 6.76. The number of amides is 1. The van der Waals surface area contributed by atoms with Gasteiger partial charge in [-0.1, -0.05) is 0 Å². The van der Waals surface area contributed by atoms with Crippen molar-refractivity contribution >= 4 is 11.9 Å². The molecular formula is C14H13FN4O3. The molecule has 0 spiro atoms. The number of hydrogen-bond acceptors (Lipinski definition) is 4. The maximum absolute atomic E-state index is 14.1. The highest BCUT2D eigenvalue weighted by atomic mass is 19.1. The maximum atomic E-state index is 14.1. The van der Waals surface area contributed by atoms with Crippen LogP contribution in [0, 0.1) is 5.82 Å². The minimum absolute atomic E-state index is 0.120. The van der Waals surface area contributed by atoms with E-state index in [-0.39, 0.29) is 11.3 Å². The molecule has 0 aliphatic carbocycles. The average molecular weight is 304 g/mol. The van der Waals surface area contributed by atoms with Gasteiger partial charge in [0.05, 0.1) is 0 Å². The van der Waals surface area contributed by atoms with Gasteiger partial charge in [0.25, 0.3) is 5.91 Å². The van der Waals surface area contributed by atoms with Gasteiger partial charge < -0.3 is 10.0 Å². The summed E-state index contributed by atoms with van der Waals surface area (Å²) in [5.41, 5.74) is 0.291. The van der Waals surface area contributed by atoms with E-state index < -0.39 is 23.7 Å². The predicted octanol–water partition coefficient (Wildman–Crippen LogP) is 1.10. The molecule has 7 nitrogen and oxygen atoms in total. The minimum Gasteiger partial charge on any atom is -0.480 e. The summed E-state index contributed by atoms with van der Waals surface area (Å²) in [6, 6.07) is 3.13. The van der Waals surface area contributed by atoms with Crippen LogP contribution >= 0.6 is 0 Å². The van der Waals surface area contributed by atoms with Gasteiger partial charge in [-0.3, -0.25) is 4.79 Å². The number of aliphatic carboxylic acids is 1. The number of hydrogen-bond donors (Lipinski definition) is 1. The van der Waals surface area contributed by atoms with E-state index in [0.29, 0.717) is 19.4 Å². The highest BCUT2D eigenvalue weighted by molar-refractivity contribution is 5.97. The Morgan fingerprint density at radius 1 is 1.36 bits per heavy atom. The van der Waals surface area contributed by atoms with E-state index in [4.69, 9.17) is 5.11 Å². The van der Waals surface area contributed by atoms with Crippen molar-refractivity contribution in [2.75, 3.05) is 6.54 Å². The Balaban J connectivity index is 1.88. The lowest BCUT2D eigenvalue weighted by Gasteiger charge is -2.21.